The maximum Gasteiger partial charge on any atom is 0.239 e. The first-order valence-electron chi connectivity index (χ1n) is 6.10. The van der Waals surface area contributed by atoms with E-state index in [4.69, 9.17) is 0 Å². The zero-order chi connectivity index (χ0) is 12.3. The monoisotopic (exact) mass is 228 g/mol. The number of carbonyl (C=O) groups is 1. The third-order valence-electron chi connectivity index (χ3n) is 3.23. The number of β-amino-alcohol motifs (C(OH)–C–C–N with tert-alkyl or cyclic N) is 1. The molecule has 4 heteroatoms. The molecule has 3 atom stereocenters. The van der Waals surface area contributed by atoms with Crippen LogP contribution in [-0.2, 0) is 4.79 Å². The lowest BCUT2D eigenvalue weighted by Gasteiger charge is -2.28. The third kappa shape index (κ3) is 3.46. The van der Waals surface area contributed by atoms with Crippen molar-refractivity contribution in [1.82, 2.24) is 10.2 Å². The number of hydrogen-bond donors (Lipinski definition) is 2. The fraction of sp³-hybridized carbons (Fsp3) is 0.917. The van der Waals surface area contributed by atoms with Crippen LogP contribution in [0.4, 0.5) is 0 Å². The van der Waals surface area contributed by atoms with E-state index in [1.807, 2.05) is 7.05 Å². The summed E-state index contributed by atoms with van der Waals surface area (Å²) >= 11 is 0. The third-order valence-corrected chi connectivity index (χ3v) is 3.23. The van der Waals surface area contributed by atoms with E-state index in [-0.39, 0.29) is 24.1 Å². The van der Waals surface area contributed by atoms with E-state index in [0.29, 0.717) is 18.9 Å². The quantitative estimate of drug-likeness (QED) is 0.741. The first-order valence-corrected chi connectivity index (χ1v) is 6.10. The molecule has 94 valence electrons. The second-order valence-electron chi connectivity index (χ2n) is 5.28. The summed E-state index contributed by atoms with van der Waals surface area (Å²) in [7, 11) is 1.85. The minimum absolute atomic E-state index is 0.102. The topological polar surface area (TPSA) is 52.6 Å². The van der Waals surface area contributed by atoms with Gasteiger partial charge in [-0.05, 0) is 25.7 Å². The van der Waals surface area contributed by atoms with Gasteiger partial charge in [-0.1, -0.05) is 13.8 Å². The first kappa shape index (κ1) is 13.5. The Hall–Kier alpha value is -0.610. The Bertz CT molecular complexity index is 243. The van der Waals surface area contributed by atoms with Gasteiger partial charge in [0, 0.05) is 19.6 Å². The molecule has 16 heavy (non-hydrogen) atoms. The summed E-state index contributed by atoms with van der Waals surface area (Å²) in [6, 6.07) is 0.0571. The summed E-state index contributed by atoms with van der Waals surface area (Å²) in [5.74, 6) is 0.692. The highest BCUT2D eigenvalue weighted by Crippen LogP contribution is 2.14. The molecule has 1 fully saturated rings. The van der Waals surface area contributed by atoms with Crippen molar-refractivity contribution in [2.24, 2.45) is 5.92 Å². The van der Waals surface area contributed by atoms with Gasteiger partial charge < -0.3 is 15.3 Å². The van der Waals surface area contributed by atoms with E-state index in [0.717, 1.165) is 6.42 Å². The molecule has 0 aromatic carbocycles. The highest BCUT2D eigenvalue weighted by atomic mass is 16.3. The SMILES string of the molecule is CC(C)CC(C)N(C)C(=O)C1CC(O)CN1. The van der Waals surface area contributed by atoms with Gasteiger partial charge in [-0.2, -0.15) is 0 Å². The molecule has 0 saturated carbocycles. The molecule has 1 aliphatic rings. The van der Waals surface area contributed by atoms with E-state index >= 15 is 0 Å². The van der Waals surface area contributed by atoms with Gasteiger partial charge in [0.1, 0.15) is 0 Å². The van der Waals surface area contributed by atoms with Crippen LogP contribution in [0.3, 0.4) is 0 Å². The van der Waals surface area contributed by atoms with E-state index in [1.165, 1.54) is 0 Å². The molecule has 0 aromatic rings. The molecular formula is C12H24N2O2. The molecule has 1 amide bonds. The Morgan fingerprint density at radius 3 is 2.56 bits per heavy atom. The van der Waals surface area contributed by atoms with Gasteiger partial charge in [0.15, 0.2) is 0 Å². The molecule has 1 aliphatic heterocycles. The summed E-state index contributed by atoms with van der Waals surface area (Å²) in [6.07, 6.45) is 1.18. The van der Waals surface area contributed by atoms with Gasteiger partial charge in [-0.15, -0.1) is 0 Å². The van der Waals surface area contributed by atoms with Crippen LogP contribution in [-0.4, -0.2) is 47.7 Å². The maximum atomic E-state index is 12.1. The highest BCUT2D eigenvalue weighted by molar-refractivity contribution is 5.82. The lowest BCUT2D eigenvalue weighted by Crippen LogP contribution is -2.45. The summed E-state index contributed by atoms with van der Waals surface area (Å²) in [4.78, 5) is 13.9. The molecule has 1 heterocycles. The van der Waals surface area contributed by atoms with Gasteiger partial charge in [-0.25, -0.2) is 0 Å². The zero-order valence-corrected chi connectivity index (χ0v) is 10.7. The average molecular weight is 228 g/mol. The Kier molecular flexibility index (Phi) is 4.74. The van der Waals surface area contributed by atoms with Crippen molar-refractivity contribution in [1.29, 1.82) is 0 Å². The lowest BCUT2D eigenvalue weighted by atomic mass is 10.0. The smallest absolute Gasteiger partial charge is 0.239 e. The predicted octanol–water partition coefficient (Wildman–Crippen LogP) is 0.602. The molecule has 0 bridgehead atoms. The van der Waals surface area contributed by atoms with Gasteiger partial charge in [0.2, 0.25) is 5.91 Å². The van der Waals surface area contributed by atoms with Crippen LogP contribution in [0.2, 0.25) is 0 Å². The fourth-order valence-corrected chi connectivity index (χ4v) is 2.21. The standard InChI is InChI=1S/C12H24N2O2/c1-8(2)5-9(3)14(4)12(16)11-6-10(15)7-13-11/h8-11,13,15H,5-7H2,1-4H3. The number of amides is 1. The van der Waals surface area contributed by atoms with Crippen LogP contribution in [0.15, 0.2) is 0 Å². The minimum atomic E-state index is -0.372. The average Bonchev–Trinajstić information content (AvgIpc) is 2.61. The van der Waals surface area contributed by atoms with Crippen LogP contribution < -0.4 is 5.32 Å². The van der Waals surface area contributed by atoms with Gasteiger partial charge in [-0.3, -0.25) is 4.79 Å². The Morgan fingerprint density at radius 2 is 2.12 bits per heavy atom. The molecule has 0 aliphatic carbocycles. The lowest BCUT2D eigenvalue weighted by molar-refractivity contribution is -0.133. The van der Waals surface area contributed by atoms with Crippen molar-refractivity contribution in [3.8, 4) is 0 Å². The van der Waals surface area contributed by atoms with Crippen molar-refractivity contribution < 1.29 is 9.90 Å². The van der Waals surface area contributed by atoms with Crippen LogP contribution >= 0.6 is 0 Å². The van der Waals surface area contributed by atoms with Crippen LogP contribution in [0.5, 0.6) is 0 Å². The number of likely N-dealkylation sites (N-methyl/N-ethyl adjacent to an activating group) is 1. The van der Waals surface area contributed by atoms with E-state index in [2.05, 4.69) is 26.1 Å². The summed E-state index contributed by atoms with van der Waals surface area (Å²) in [5.41, 5.74) is 0. The molecule has 2 N–H and O–H groups in total. The second kappa shape index (κ2) is 5.64. The van der Waals surface area contributed by atoms with Crippen molar-refractivity contribution >= 4 is 5.91 Å². The summed E-state index contributed by atoms with van der Waals surface area (Å²) < 4.78 is 0. The maximum absolute atomic E-state index is 12.1. The van der Waals surface area contributed by atoms with Crippen molar-refractivity contribution in [2.45, 2.75) is 51.8 Å². The van der Waals surface area contributed by atoms with Crippen LogP contribution in [0.1, 0.15) is 33.6 Å². The molecule has 0 spiro atoms. The largest absolute Gasteiger partial charge is 0.392 e. The highest BCUT2D eigenvalue weighted by Gasteiger charge is 2.31. The summed E-state index contributed by atoms with van der Waals surface area (Å²) in [6.45, 7) is 6.92. The van der Waals surface area contributed by atoms with Gasteiger partial charge in [0.05, 0.1) is 12.1 Å². The molecule has 0 radical (unpaired) electrons. The Balaban J connectivity index is 2.46. The number of aliphatic hydroxyl groups is 1. The number of aliphatic hydroxyl groups excluding tert-OH is 1. The molecular weight excluding hydrogens is 204 g/mol. The summed E-state index contributed by atoms with van der Waals surface area (Å²) in [5, 5.41) is 12.4. The molecule has 0 aromatic heterocycles. The van der Waals surface area contributed by atoms with Crippen LogP contribution in [0, 0.1) is 5.92 Å². The molecule has 4 nitrogen and oxygen atoms in total. The van der Waals surface area contributed by atoms with E-state index in [1.54, 1.807) is 4.90 Å². The van der Waals surface area contributed by atoms with E-state index < -0.39 is 0 Å². The molecule has 1 rings (SSSR count). The zero-order valence-electron chi connectivity index (χ0n) is 10.7. The van der Waals surface area contributed by atoms with Crippen molar-refractivity contribution in [3.63, 3.8) is 0 Å². The first-order chi connectivity index (χ1) is 7.41. The van der Waals surface area contributed by atoms with Gasteiger partial charge >= 0.3 is 0 Å². The van der Waals surface area contributed by atoms with Gasteiger partial charge in [0.25, 0.3) is 0 Å². The predicted molar refractivity (Wildman–Crippen MR) is 64.1 cm³/mol. The molecule has 1 saturated heterocycles. The number of rotatable bonds is 4. The van der Waals surface area contributed by atoms with Crippen molar-refractivity contribution in [2.75, 3.05) is 13.6 Å². The van der Waals surface area contributed by atoms with Crippen LogP contribution in [0.25, 0.3) is 0 Å². The van der Waals surface area contributed by atoms with Crippen molar-refractivity contribution in [3.05, 3.63) is 0 Å². The Labute approximate surface area is 98.0 Å². The number of hydrogen-bond acceptors (Lipinski definition) is 3. The van der Waals surface area contributed by atoms with E-state index in [9.17, 15) is 9.90 Å². The molecule has 3 unspecified atom stereocenters. The number of nitrogens with one attached hydrogen (secondary N) is 1. The number of nitrogens with zero attached hydrogens (tertiary/aromatic N) is 1. The fourth-order valence-electron chi connectivity index (χ4n) is 2.21. The Morgan fingerprint density at radius 1 is 1.50 bits per heavy atom. The number of carbonyl (C=O) groups excluding carboxylic acids is 1. The normalized spacial score (nSPS) is 27.1. The minimum Gasteiger partial charge on any atom is -0.392 e. The second-order valence-corrected chi connectivity index (χ2v) is 5.28.